The smallest absolute Gasteiger partial charge is 0.355 e. The van der Waals surface area contributed by atoms with Gasteiger partial charge in [-0.15, -0.1) is 11.3 Å². The number of carboxylic acid groups (broad SMARTS) is 2. The first kappa shape index (κ1) is 9.14. The number of hydrogen-bond donors (Lipinski definition) is 2. The van der Waals surface area contributed by atoms with E-state index in [2.05, 4.69) is 4.98 Å². The molecule has 5 nitrogen and oxygen atoms in total. The van der Waals surface area contributed by atoms with Crippen molar-refractivity contribution >= 4 is 23.3 Å². The maximum Gasteiger partial charge on any atom is 0.355 e. The molecule has 0 atom stereocenters. The van der Waals surface area contributed by atoms with Gasteiger partial charge >= 0.3 is 11.9 Å². The van der Waals surface area contributed by atoms with Crippen molar-refractivity contribution in [1.82, 2.24) is 4.98 Å². The molecule has 1 aliphatic rings. The molecule has 0 amide bonds. The van der Waals surface area contributed by atoms with Gasteiger partial charge in [-0.2, -0.15) is 0 Å². The molecule has 2 rings (SSSR count). The minimum Gasteiger partial charge on any atom is -0.481 e. The molecule has 14 heavy (non-hydrogen) atoms. The Morgan fingerprint density at radius 2 is 2.07 bits per heavy atom. The summed E-state index contributed by atoms with van der Waals surface area (Å²) in [5.74, 6) is -2.03. The van der Waals surface area contributed by atoms with Crippen LogP contribution < -0.4 is 0 Å². The molecular weight excluding hydrogens is 206 g/mol. The van der Waals surface area contributed by atoms with Crippen molar-refractivity contribution in [2.45, 2.75) is 18.3 Å². The highest BCUT2D eigenvalue weighted by Crippen LogP contribution is 2.49. The lowest BCUT2D eigenvalue weighted by molar-refractivity contribution is -0.140. The Labute approximate surface area is 83.0 Å². The van der Waals surface area contributed by atoms with Gasteiger partial charge in [-0.3, -0.25) is 4.79 Å². The molecule has 2 N–H and O–H groups in total. The van der Waals surface area contributed by atoms with Crippen molar-refractivity contribution in [1.29, 1.82) is 0 Å². The number of nitrogens with zero attached hydrogens (tertiary/aromatic N) is 1. The summed E-state index contributed by atoms with van der Waals surface area (Å²) in [5.41, 5.74) is -0.962. The Hall–Kier alpha value is -1.43. The fraction of sp³-hybridized carbons (Fsp3) is 0.375. The molecule has 1 heterocycles. The SMILES string of the molecule is O=C(O)c1csc(C2(C(=O)O)CC2)n1. The number of rotatable bonds is 3. The number of aliphatic carboxylic acids is 1. The molecule has 0 saturated heterocycles. The fourth-order valence-corrected chi connectivity index (χ4v) is 2.28. The van der Waals surface area contributed by atoms with Crippen molar-refractivity contribution in [2.75, 3.05) is 0 Å². The topological polar surface area (TPSA) is 87.5 Å². The molecule has 1 saturated carbocycles. The van der Waals surface area contributed by atoms with Crippen molar-refractivity contribution in [2.24, 2.45) is 0 Å². The predicted molar refractivity (Wildman–Crippen MR) is 47.6 cm³/mol. The van der Waals surface area contributed by atoms with Gasteiger partial charge in [0.15, 0.2) is 5.69 Å². The minimum atomic E-state index is -1.12. The second kappa shape index (κ2) is 2.78. The van der Waals surface area contributed by atoms with Crippen LogP contribution in [0.3, 0.4) is 0 Å². The summed E-state index contributed by atoms with van der Waals surface area (Å²) in [7, 11) is 0. The zero-order valence-corrected chi connectivity index (χ0v) is 7.87. The molecule has 0 bridgehead atoms. The van der Waals surface area contributed by atoms with Crippen LogP contribution in [-0.4, -0.2) is 27.1 Å². The average molecular weight is 213 g/mol. The Morgan fingerprint density at radius 3 is 2.43 bits per heavy atom. The number of aromatic nitrogens is 1. The van der Waals surface area contributed by atoms with Gasteiger partial charge in [-0.25, -0.2) is 9.78 Å². The number of carbonyl (C=O) groups is 2. The molecule has 0 aliphatic heterocycles. The van der Waals surface area contributed by atoms with Gasteiger partial charge in [0, 0.05) is 5.38 Å². The van der Waals surface area contributed by atoms with Crippen LogP contribution in [0.5, 0.6) is 0 Å². The number of carboxylic acids is 2. The molecule has 0 radical (unpaired) electrons. The van der Waals surface area contributed by atoms with E-state index >= 15 is 0 Å². The van der Waals surface area contributed by atoms with Crippen molar-refractivity contribution in [3.8, 4) is 0 Å². The van der Waals surface area contributed by atoms with Gasteiger partial charge in [0.05, 0.1) is 0 Å². The third kappa shape index (κ3) is 1.19. The standard InChI is InChI=1S/C8H7NO4S/c10-5(11)4-3-14-6(9-4)8(1-2-8)7(12)13/h3H,1-2H2,(H,10,11)(H,12,13). The highest BCUT2D eigenvalue weighted by molar-refractivity contribution is 7.10. The third-order valence-corrected chi connectivity index (χ3v) is 3.34. The molecule has 0 unspecified atom stereocenters. The molecule has 6 heteroatoms. The molecule has 1 fully saturated rings. The quantitative estimate of drug-likeness (QED) is 0.780. The minimum absolute atomic E-state index is 0.0717. The number of thiazole rings is 1. The van der Waals surface area contributed by atoms with Crippen LogP contribution in [0.15, 0.2) is 5.38 Å². The monoisotopic (exact) mass is 213 g/mol. The van der Waals surface area contributed by atoms with Crippen LogP contribution in [0, 0.1) is 0 Å². The largest absolute Gasteiger partial charge is 0.481 e. The fourth-order valence-electron chi connectivity index (χ4n) is 1.24. The normalized spacial score (nSPS) is 17.7. The van der Waals surface area contributed by atoms with Crippen LogP contribution in [0.4, 0.5) is 0 Å². The molecule has 0 aromatic carbocycles. The second-order valence-electron chi connectivity index (χ2n) is 3.23. The zero-order valence-electron chi connectivity index (χ0n) is 7.06. The first-order valence-electron chi connectivity index (χ1n) is 3.99. The van der Waals surface area contributed by atoms with Gasteiger partial charge < -0.3 is 10.2 Å². The molecule has 1 aromatic rings. The van der Waals surface area contributed by atoms with E-state index in [9.17, 15) is 9.59 Å². The lowest BCUT2D eigenvalue weighted by atomic mass is 10.1. The van der Waals surface area contributed by atoms with E-state index in [4.69, 9.17) is 10.2 Å². The number of aromatic carboxylic acids is 1. The summed E-state index contributed by atoms with van der Waals surface area (Å²) >= 11 is 1.10. The van der Waals surface area contributed by atoms with E-state index < -0.39 is 17.4 Å². The zero-order chi connectivity index (χ0) is 10.3. The van der Waals surface area contributed by atoms with Crippen LogP contribution in [-0.2, 0) is 10.2 Å². The molecule has 0 spiro atoms. The van der Waals surface area contributed by atoms with Gasteiger partial charge in [0.2, 0.25) is 0 Å². The summed E-state index contributed by atoms with van der Waals surface area (Å²) in [6, 6.07) is 0. The van der Waals surface area contributed by atoms with Crippen LogP contribution in [0.1, 0.15) is 28.3 Å². The van der Waals surface area contributed by atoms with E-state index in [-0.39, 0.29) is 5.69 Å². The first-order valence-corrected chi connectivity index (χ1v) is 4.87. The van der Waals surface area contributed by atoms with Crippen molar-refractivity contribution in [3.63, 3.8) is 0 Å². The lowest BCUT2D eigenvalue weighted by Crippen LogP contribution is -2.19. The maximum absolute atomic E-state index is 10.9. The summed E-state index contributed by atoms with van der Waals surface area (Å²) in [5, 5.41) is 19.3. The maximum atomic E-state index is 10.9. The van der Waals surface area contributed by atoms with Gasteiger partial charge in [-0.1, -0.05) is 0 Å². The average Bonchev–Trinajstić information content (AvgIpc) is 2.77. The predicted octanol–water partition coefficient (Wildman–Crippen LogP) is 0.958. The van der Waals surface area contributed by atoms with Gasteiger partial charge in [-0.05, 0) is 12.8 Å². The summed E-state index contributed by atoms with van der Waals surface area (Å²) in [6.07, 6.45) is 1.10. The van der Waals surface area contributed by atoms with Crippen LogP contribution >= 0.6 is 11.3 Å². The Balaban J connectivity index is 2.34. The van der Waals surface area contributed by atoms with Crippen molar-refractivity contribution < 1.29 is 19.8 Å². The van der Waals surface area contributed by atoms with E-state index in [1.807, 2.05) is 0 Å². The van der Waals surface area contributed by atoms with Crippen LogP contribution in [0.2, 0.25) is 0 Å². The first-order chi connectivity index (χ1) is 6.56. The summed E-state index contributed by atoms with van der Waals surface area (Å²) in [4.78, 5) is 25.2. The Morgan fingerprint density at radius 1 is 1.43 bits per heavy atom. The van der Waals surface area contributed by atoms with E-state index in [0.717, 1.165) is 11.3 Å². The van der Waals surface area contributed by atoms with Crippen molar-refractivity contribution in [3.05, 3.63) is 16.1 Å². The van der Waals surface area contributed by atoms with Gasteiger partial charge in [0.1, 0.15) is 10.4 Å². The summed E-state index contributed by atoms with van der Waals surface area (Å²) in [6.45, 7) is 0. The van der Waals surface area contributed by atoms with E-state index in [0.29, 0.717) is 17.8 Å². The molecule has 1 aromatic heterocycles. The van der Waals surface area contributed by atoms with Gasteiger partial charge in [0.25, 0.3) is 0 Å². The third-order valence-electron chi connectivity index (χ3n) is 2.29. The highest BCUT2D eigenvalue weighted by atomic mass is 32.1. The number of hydrogen-bond acceptors (Lipinski definition) is 4. The molecule has 74 valence electrons. The summed E-state index contributed by atoms with van der Waals surface area (Å²) < 4.78 is 0. The second-order valence-corrected chi connectivity index (χ2v) is 4.09. The molecule has 1 aliphatic carbocycles. The van der Waals surface area contributed by atoms with Crippen LogP contribution in [0.25, 0.3) is 0 Å². The highest BCUT2D eigenvalue weighted by Gasteiger charge is 2.54. The Kier molecular flexibility index (Phi) is 1.81. The van der Waals surface area contributed by atoms with E-state index in [1.54, 1.807) is 0 Å². The lowest BCUT2D eigenvalue weighted by Gasteiger charge is -2.03. The molecular formula is C8H7NO4S. The van der Waals surface area contributed by atoms with E-state index in [1.165, 1.54) is 5.38 Å². The Bertz CT molecular complexity index is 407.